The first kappa shape index (κ1) is 10.3. The molecule has 2 atom stereocenters. The van der Waals surface area contributed by atoms with Gasteiger partial charge in [0.15, 0.2) is 0 Å². The van der Waals surface area contributed by atoms with E-state index < -0.39 is 0 Å². The summed E-state index contributed by atoms with van der Waals surface area (Å²) >= 11 is 0. The average Bonchev–Trinajstić information content (AvgIpc) is 2.86. The summed E-state index contributed by atoms with van der Waals surface area (Å²) in [4.78, 5) is 7.73. The Morgan fingerprint density at radius 3 is 3.19 bits per heavy atom. The van der Waals surface area contributed by atoms with E-state index in [0.29, 0.717) is 12.0 Å². The Hall–Kier alpha value is -0.870. The molecule has 4 nitrogen and oxygen atoms in total. The van der Waals surface area contributed by atoms with Gasteiger partial charge < -0.3 is 15.0 Å². The van der Waals surface area contributed by atoms with Crippen molar-refractivity contribution in [3.05, 3.63) is 17.7 Å². The zero-order chi connectivity index (χ0) is 11.2. The SMILES string of the molecule is CC(C)C1CC2(CO1)NCCc1[nH]cnc12. The highest BCUT2D eigenvalue weighted by Gasteiger charge is 2.46. The molecule has 0 saturated carbocycles. The van der Waals surface area contributed by atoms with Gasteiger partial charge in [-0.3, -0.25) is 0 Å². The molecule has 3 rings (SSSR count). The Labute approximate surface area is 95.8 Å². The molecule has 16 heavy (non-hydrogen) atoms. The van der Waals surface area contributed by atoms with Gasteiger partial charge in [0.05, 0.1) is 30.3 Å². The summed E-state index contributed by atoms with van der Waals surface area (Å²) < 4.78 is 5.92. The molecule has 4 heteroatoms. The Kier molecular flexibility index (Phi) is 2.30. The molecule has 88 valence electrons. The third-order valence-electron chi connectivity index (χ3n) is 3.85. The lowest BCUT2D eigenvalue weighted by Crippen LogP contribution is -2.48. The number of nitrogens with zero attached hydrogens (tertiary/aromatic N) is 1. The van der Waals surface area contributed by atoms with Gasteiger partial charge in [-0.15, -0.1) is 0 Å². The van der Waals surface area contributed by atoms with Crippen LogP contribution >= 0.6 is 0 Å². The fourth-order valence-corrected chi connectivity index (χ4v) is 2.86. The van der Waals surface area contributed by atoms with Crippen LogP contribution in [0.5, 0.6) is 0 Å². The lowest BCUT2D eigenvalue weighted by molar-refractivity contribution is 0.0688. The largest absolute Gasteiger partial charge is 0.376 e. The van der Waals surface area contributed by atoms with Crippen LogP contribution in [0.25, 0.3) is 0 Å². The number of aromatic nitrogens is 2. The lowest BCUT2D eigenvalue weighted by atomic mass is 9.85. The zero-order valence-electron chi connectivity index (χ0n) is 9.92. The molecule has 2 aliphatic rings. The second-order valence-electron chi connectivity index (χ2n) is 5.29. The molecular weight excluding hydrogens is 202 g/mol. The second-order valence-corrected chi connectivity index (χ2v) is 5.29. The van der Waals surface area contributed by atoms with Gasteiger partial charge in [0, 0.05) is 25.1 Å². The first-order valence-electron chi connectivity index (χ1n) is 6.11. The number of rotatable bonds is 1. The number of aromatic amines is 1. The predicted octanol–water partition coefficient (Wildman–Crippen LogP) is 1.20. The molecule has 1 saturated heterocycles. The van der Waals surface area contributed by atoms with Crippen LogP contribution in [0.4, 0.5) is 0 Å². The van der Waals surface area contributed by atoms with Gasteiger partial charge in [-0.1, -0.05) is 13.8 Å². The number of hydrogen-bond donors (Lipinski definition) is 2. The summed E-state index contributed by atoms with van der Waals surface area (Å²) in [6.45, 7) is 6.22. The van der Waals surface area contributed by atoms with Crippen molar-refractivity contribution in [2.24, 2.45) is 5.92 Å². The van der Waals surface area contributed by atoms with E-state index in [-0.39, 0.29) is 5.54 Å². The van der Waals surface area contributed by atoms with Crippen molar-refractivity contribution in [3.63, 3.8) is 0 Å². The molecule has 0 bridgehead atoms. The molecule has 0 radical (unpaired) electrons. The molecule has 0 amide bonds. The quantitative estimate of drug-likeness (QED) is 0.749. The van der Waals surface area contributed by atoms with Crippen LogP contribution in [-0.4, -0.2) is 29.2 Å². The van der Waals surface area contributed by atoms with Crippen molar-refractivity contribution in [2.75, 3.05) is 13.2 Å². The molecule has 1 aromatic heterocycles. The summed E-state index contributed by atoms with van der Waals surface area (Å²) in [5, 5.41) is 3.61. The Bertz CT molecular complexity index is 387. The maximum atomic E-state index is 5.92. The molecule has 3 heterocycles. The van der Waals surface area contributed by atoms with Gasteiger partial charge in [-0.05, 0) is 5.92 Å². The minimum atomic E-state index is -0.0253. The van der Waals surface area contributed by atoms with Crippen LogP contribution in [0.1, 0.15) is 31.7 Å². The van der Waals surface area contributed by atoms with Gasteiger partial charge in [-0.25, -0.2) is 4.98 Å². The molecule has 2 N–H and O–H groups in total. The Morgan fingerprint density at radius 1 is 1.56 bits per heavy atom. The van der Waals surface area contributed by atoms with E-state index in [2.05, 4.69) is 29.1 Å². The van der Waals surface area contributed by atoms with Crippen molar-refractivity contribution in [1.29, 1.82) is 0 Å². The molecule has 2 aliphatic heterocycles. The van der Waals surface area contributed by atoms with Crippen LogP contribution in [0, 0.1) is 5.92 Å². The molecule has 0 aromatic carbocycles. The van der Waals surface area contributed by atoms with Crippen LogP contribution in [0.3, 0.4) is 0 Å². The van der Waals surface area contributed by atoms with E-state index in [1.54, 1.807) is 0 Å². The molecule has 1 aromatic rings. The maximum Gasteiger partial charge on any atom is 0.0926 e. The van der Waals surface area contributed by atoms with E-state index in [4.69, 9.17) is 4.74 Å². The Morgan fingerprint density at radius 2 is 2.44 bits per heavy atom. The third kappa shape index (κ3) is 1.40. The van der Waals surface area contributed by atoms with Gasteiger partial charge >= 0.3 is 0 Å². The van der Waals surface area contributed by atoms with Gasteiger partial charge in [-0.2, -0.15) is 0 Å². The van der Waals surface area contributed by atoms with Gasteiger partial charge in [0.25, 0.3) is 0 Å². The first-order chi connectivity index (χ1) is 7.71. The number of nitrogens with one attached hydrogen (secondary N) is 2. The standard InChI is InChI=1S/C12H19N3O/c1-8(2)10-5-12(6-16-10)11-9(3-4-15-12)13-7-14-11/h7-8,10,15H,3-6H2,1-2H3,(H,13,14). The van der Waals surface area contributed by atoms with E-state index in [0.717, 1.165) is 26.0 Å². The van der Waals surface area contributed by atoms with E-state index in [1.807, 2.05) is 6.33 Å². The summed E-state index contributed by atoms with van der Waals surface area (Å²) in [7, 11) is 0. The average molecular weight is 221 g/mol. The monoisotopic (exact) mass is 221 g/mol. The molecule has 2 unspecified atom stereocenters. The smallest absolute Gasteiger partial charge is 0.0926 e. The van der Waals surface area contributed by atoms with Crippen molar-refractivity contribution in [2.45, 2.75) is 38.3 Å². The van der Waals surface area contributed by atoms with Gasteiger partial charge in [0.2, 0.25) is 0 Å². The number of fused-ring (bicyclic) bond motifs is 2. The highest BCUT2D eigenvalue weighted by molar-refractivity contribution is 5.27. The molecule has 0 aliphatic carbocycles. The van der Waals surface area contributed by atoms with E-state index in [1.165, 1.54) is 11.4 Å². The fourth-order valence-electron chi connectivity index (χ4n) is 2.86. The van der Waals surface area contributed by atoms with Crippen LogP contribution in [0.2, 0.25) is 0 Å². The normalized spacial score (nSPS) is 33.6. The Balaban J connectivity index is 1.92. The summed E-state index contributed by atoms with van der Waals surface area (Å²) in [6.07, 6.45) is 4.25. The molecular formula is C12H19N3O. The minimum absolute atomic E-state index is 0.0253. The van der Waals surface area contributed by atoms with E-state index in [9.17, 15) is 0 Å². The second kappa shape index (κ2) is 3.57. The van der Waals surface area contributed by atoms with E-state index >= 15 is 0 Å². The van der Waals surface area contributed by atoms with Gasteiger partial charge in [0.1, 0.15) is 0 Å². The predicted molar refractivity (Wildman–Crippen MR) is 61.2 cm³/mol. The summed E-state index contributed by atoms with van der Waals surface area (Å²) in [6, 6.07) is 0. The number of H-pyrrole nitrogens is 1. The summed E-state index contributed by atoms with van der Waals surface area (Å²) in [5.74, 6) is 0.575. The first-order valence-corrected chi connectivity index (χ1v) is 6.11. The van der Waals surface area contributed by atoms with Crippen LogP contribution < -0.4 is 5.32 Å². The highest BCUT2D eigenvalue weighted by atomic mass is 16.5. The number of imidazole rings is 1. The minimum Gasteiger partial charge on any atom is -0.376 e. The maximum absolute atomic E-state index is 5.92. The number of hydrogen-bond acceptors (Lipinski definition) is 3. The highest BCUT2D eigenvalue weighted by Crippen LogP contribution is 2.38. The molecule has 1 spiro atoms. The van der Waals surface area contributed by atoms with Crippen molar-refractivity contribution in [1.82, 2.24) is 15.3 Å². The van der Waals surface area contributed by atoms with Crippen LogP contribution in [0.15, 0.2) is 6.33 Å². The topological polar surface area (TPSA) is 49.9 Å². The zero-order valence-corrected chi connectivity index (χ0v) is 9.92. The van der Waals surface area contributed by atoms with Crippen molar-refractivity contribution >= 4 is 0 Å². The van der Waals surface area contributed by atoms with Crippen molar-refractivity contribution in [3.8, 4) is 0 Å². The molecule has 1 fully saturated rings. The van der Waals surface area contributed by atoms with Crippen LogP contribution in [-0.2, 0) is 16.7 Å². The van der Waals surface area contributed by atoms with Crippen molar-refractivity contribution < 1.29 is 4.74 Å². The third-order valence-corrected chi connectivity index (χ3v) is 3.85. The number of ether oxygens (including phenoxy) is 1. The lowest BCUT2D eigenvalue weighted by Gasteiger charge is -2.32. The summed E-state index contributed by atoms with van der Waals surface area (Å²) in [5.41, 5.74) is 2.44. The fraction of sp³-hybridized carbons (Fsp3) is 0.750.